The lowest BCUT2D eigenvalue weighted by Crippen LogP contribution is -1.98. The highest BCUT2D eigenvalue weighted by Gasteiger charge is 2.08. The average molecular weight is 224 g/mol. The van der Waals surface area contributed by atoms with E-state index >= 15 is 0 Å². The Morgan fingerprint density at radius 1 is 1.38 bits per heavy atom. The van der Waals surface area contributed by atoms with Crippen LogP contribution in [0, 0.1) is 11.6 Å². The maximum atomic E-state index is 13.3. The largest absolute Gasteiger partial charge is 0.394 e. The van der Waals surface area contributed by atoms with Crippen LogP contribution in [0.5, 0.6) is 0 Å². The third-order valence-electron chi connectivity index (χ3n) is 2.04. The third-order valence-corrected chi connectivity index (χ3v) is 2.04. The Hall–Kier alpha value is -2.11. The number of benzene rings is 1. The summed E-state index contributed by atoms with van der Waals surface area (Å²) in [7, 11) is 1.70. The fourth-order valence-corrected chi connectivity index (χ4v) is 1.32. The fourth-order valence-electron chi connectivity index (χ4n) is 1.32. The lowest BCUT2D eigenvalue weighted by molar-refractivity contribution is 0.586. The summed E-state index contributed by atoms with van der Waals surface area (Å²) in [5, 5.41) is 6.68. The third kappa shape index (κ3) is 1.95. The van der Waals surface area contributed by atoms with Crippen LogP contribution >= 0.6 is 0 Å². The number of nitrogens with one attached hydrogen (secondary N) is 1. The molecule has 0 unspecified atom stereocenters. The molecular weight excluding hydrogens is 214 g/mol. The summed E-state index contributed by atoms with van der Waals surface area (Å²) in [5.74, 6) is -0.977. The first-order valence-electron chi connectivity index (χ1n) is 4.57. The van der Waals surface area contributed by atoms with Gasteiger partial charge in [0.15, 0.2) is 5.82 Å². The zero-order chi connectivity index (χ0) is 11.7. The van der Waals surface area contributed by atoms with E-state index < -0.39 is 11.6 Å². The molecule has 2 aromatic rings. The van der Waals surface area contributed by atoms with Crippen molar-refractivity contribution >= 4 is 17.2 Å². The SMILES string of the molecule is Cn1cc(N)c(Nc2ccc(F)cc2F)n1. The highest BCUT2D eigenvalue weighted by Crippen LogP contribution is 2.23. The van der Waals surface area contributed by atoms with E-state index in [-0.39, 0.29) is 5.69 Å². The molecule has 0 aliphatic carbocycles. The van der Waals surface area contributed by atoms with Crippen molar-refractivity contribution in [2.45, 2.75) is 0 Å². The zero-order valence-electron chi connectivity index (χ0n) is 8.54. The van der Waals surface area contributed by atoms with E-state index in [1.54, 1.807) is 13.2 Å². The van der Waals surface area contributed by atoms with Crippen LogP contribution in [-0.2, 0) is 7.05 Å². The number of nitrogen functional groups attached to an aromatic ring is 1. The molecule has 0 atom stereocenters. The van der Waals surface area contributed by atoms with Gasteiger partial charge in [0, 0.05) is 19.3 Å². The van der Waals surface area contributed by atoms with Crippen molar-refractivity contribution in [2.75, 3.05) is 11.1 Å². The number of nitrogens with two attached hydrogens (primary N) is 1. The number of anilines is 3. The normalized spacial score (nSPS) is 10.4. The quantitative estimate of drug-likeness (QED) is 0.820. The molecule has 6 heteroatoms. The first-order valence-corrected chi connectivity index (χ1v) is 4.57. The number of nitrogens with zero attached hydrogens (tertiary/aromatic N) is 2. The van der Waals surface area contributed by atoms with Crippen molar-refractivity contribution in [3.05, 3.63) is 36.0 Å². The Morgan fingerprint density at radius 2 is 2.12 bits per heavy atom. The van der Waals surface area contributed by atoms with Gasteiger partial charge in [0.25, 0.3) is 0 Å². The second-order valence-electron chi connectivity index (χ2n) is 3.36. The molecule has 0 amide bonds. The molecule has 2 rings (SSSR count). The van der Waals surface area contributed by atoms with E-state index in [0.29, 0.717) is 11.5 Å². The Kier molecular flexibility index (Phi) is 2.47. The van der Waals surface area contributed by atoms with E-state index in [4.69, 9.17) is 5.73 Å². The molecule has 4 nitrogen and oxygen atoms in total. The Balaban J connectivity index is 2.30. The summed E-state index contributed by atoms with van der Waals surface area (Å²) in [6, 6.07) is 3.24. The summed E-state index contributed by atoms with van der Waals surface area (Å²) in [6.45, 7) is 0. The smallest absolute Gasteiger partial charge is 0.175 e. The van der Waals surface area contributed by atoms with Gasteiger partial charge in [-0.25, -0.2) is 8.78 Å². The predicted octanol–water partition coefficient (Wildman–Crippen LogP) is 2.02. The Morgan fingerprint density at radius 3 is 2.69 bits per heavy atom. The second kappa shape index (κ2) is 3.80. The van der Waals surface area contributed by atoms with Crippen LogP contribution < -0.4 is 11.1 Å². The van der Waals surface area contributed by atoms with Crippen molar-refractivity contribution in [1.29, 1.82) is 0 Å². The van der Waals surface area contributed by atoms with Gasteiger partial charge in [-0.15, -0.1) is 0 Å². The topological polar surface area (TPSA) is 55.9 Å². The molecule has 84 valence electrons. The van der Waals surface area contributed by atoms with Gasteiger partial charge in [-0.2, -0.15) is 5.10 Å². The molecule has 0 radical (unpaired) electrons. The van der Waals surface area contributed by atoms with Crippen LogP contribution in [0.25, 0.3) is 0 Å². The van der Waals surface area contributed by atoms with E-state index in [9.17, 15) is 8.78 Å². The van der Waals surface area contributed by atoms with Crippen LogP contribution in [-0.4, -0.2) is 9.78 Å². The Labute approximate surface area is 90.7 Å². The first kappa shape index (κ1) is 10.4. The standard InChI is InChI=1S/C10H10F2N4/c1-16-5-8(13)10(15-16)14-9-3-2-6(11)4-7(9)12/h2-5H,13H2,1H3,(H,14,15). The van der Waals surface area contributed by atoms with Crippen LogP contribution in [0.2, 0.25) is 0 Å². The van der Waals surface area contributed by atoms with E-state index in [2.05, 4.69) is 10.4 Å². The number of aromatic nitrogens is 2. The number of aryl methyl sites for hydroxylation is 1. The number of rotatable bonds is 2. The molecular formula is C10H10F2N4. The van der Waals surface area contributed by atoms with E-state index in [1.165, 1.54) is 10.7 Å². The molecule has 0 aliphatic heterocycles. The summed E-state index contributed by atoms with van der Waals surface area (Å²) >= 11 is 0. The molecule has 0 saturated heterocycles. The molecule has 16 heavy (non-hydrogen) atoms. The molecule has 0 fully saturated rings. The van der Waals surface area contributed by atoms with Gasteiger partial charge in [-0.3, -0.25) is 4.68 Å². The van der Waals surface area contributed by atoms with Gasteiger partial charge in [0.05, 0.1) is 11.4 Å². The van der Waals surface area contributed by atoms with Crippen molar-refractivity contribution in [3.63, 3.8) is 0 Å². The highest BCUT2D eigenvalue weighted by atomic mass is 19.1. The molecule has 1 aromatic heterocycles. The molecule has 1 aromatic carbocycles. The maximum Gasteiger partial charge on any atom is 0.175 e. The van der Waals surface area contributed by atoms with Crippen molar-refractivity contribution in [3.8, 4) is 0 Å². The summed E-state index contributed by atoms with van der Waals surface area (Å²) in [4.78, 5) is 0. The molecule has 1 heterocycles. The van der Waals surface area contributed by atoms with Gasteiger partial charge in [-0.05, 0) is 12.1 Å². The van der Waals surface area contributed by atoms with E-state index in [1.807, 2.05) is 0 Å². The van der Waals surface area contributed by atoms with E-state index in [0.717, 1.165) is 12.1 Å². The monoisotopic (exact) mass is 224 g/mol. The maximum absolute atomic E-state index is 13.3. The number of halogens is 2. The van der Waals surface area contributed by atoms with Crippen LogP contribution in [0.1, 0.15) is 0 Å². The first-order chi connectivity index (χ1) is 7.56. The second-order valence-corrected chi connectivity index (χ2v) is 3.36. The van der Waals surface area contributed by atoms with Crippen molar-refractivity contribution < 1.29 is 8.78 Å². The van der Waals surface area contributed by atoms with Crippen molar-refractivity contribution in [1.82, 2.24) is 9.78 Å². The highest BCUT2D eigenvalue weighted by molar-refractivity contribution is 5.68. The summed E-state index contributed by atoms with van der Waals surface area (Å²) < 4.78 is 27.5. The summed E-state index contributed by atoms with van der Waals surface area (Å²) in [5.41, 5.74) is 6.15. The zero-order valence-corrected chi connectivity index (χ0v) is 8.54. The van der Waals surface area contributed by atoms with Crippen LogP contribution in [0.15, 0.2) is 24.4 Å². The Bertz CT molecular complexity index is 522. The van der Waals surface area contributed by atoms with Crippen LogP contribution in [0.4, 0.5) is 26.0 Å². The number of hydrogen-bond donors (Lipinski definition) is 2. The summed E-state index contributed by atoms with van der Waals surface area (Å²) in [6.07, 6.45) is 1.59. The molecule has 0 saturated carbocycles. The van der Waals surface area contributed by atoms with Gasteiger partial charge in [0.1, 0.15) is 11.6 Å². The molecule has 0 bridgehead atoms. The van der Waals surface area contributed by atoms with Gasteiger partial charge < -0.3 is 11.1 Å². The fraction of sp³-hybridized carbons (Fsp3) is 0.100. The van der Waals surface area contributed by atoms with Gasteiger partial charge in [-0.1, -0.05) is 0 Å². The van der Waals surface area contributed by atoms with Crippen LogP contribution in [0.3, 0.4) is 0 Å². The molecule has 0 aliphatic rings. The molecule has 0 spiro atoms. The van der Waals surface area contributed by atoms with Gasteiger partial charge >= 0.3 is 0 Å². The minimum absolute atomic E-state index is 0.131. The predicted molar refractivity (Wildman–Crippen MR) is 57.3 cm³/mol. The minimum atomic E-state index is -0.690. The minimum Gasteiger partial charge on any atom is -0.394 e. The lowest BCUT2D eigenvalue weighted by atomic mass is 10.3. The van der Waals surface area contributed by atoms with Gasteiger partial charge in [0.2, 0.25) is 0 Å². The molecule has 3 N–H and O–H groups in total. The number of hydrogen-bond acceptors (Lipinski definition) is 3. The average Bonchev–Trinajstić information content (AvgIpc) is 2.50. The van der Waals surface area contributed by atoms with Crippen molar-refractivity contribution in [2.24, 2.45) is 7.05 Å². The lowest BCUT2D eigenvalue weighted by Gasteiger charge is -2.05.